The number of piperidine rings is 1. The first kappa shape index (κ1) is 11.7. The molecule has 0 aromatic carbocycles. The maximum Gasteiger partial charge on any atom is 0.347 e. The highest BCUT2D eigenvalue weighted by molar-refractivity contribution is 5.99. The van der Waals surface area contributed by atoms with E-state index in [2.05, 4.69) is 9.89 Å². The Balaban J connectivity index is 2.23. The van der Waals surface area contributed by atoms with Crippen LogP contribution in [0.2, 0.25) is 0 Å². The molecule has 0 radical (unpaired) electrons. The molecular weight excluding hydrogens is 224 g/mol. The van der Waals surface area contributed by atoms with E-state index in [4.69, 9.17) is 16.0 Å². The SMILES string of the molecule is COC(=O)c1c(N2CCC(N)CC2)noc1N. The number of esters is 1. The largest absolute Gasteiger partial charge is 0.465 e. The van der Waals surface area contributed by atoms with E-state index in [-0.39, 0.29) is 17.5 Å². The zero-order valence-corrected chi connectivity index (χ0v) is 9.68. The molecule has 1 aliphatic rings. The summed E-state index contributed by atoms with van der Waals surface area (Å²) in [4.78, 5) is 13.5. The predicted octanol–water partition coefficient (Wildman–Crippen LogP) is -0.0291. The lowest BCUT2D eigenvalue weighted by Gasteiger charge is -2.30. The van der Waals surface area contributed by atoms with Gasteiger partial charge in [-0.1, -0.05) is 5.16 Å². The van der Waals surface area contributed by atoms with E-state index in [0.717, 1.165) is 25.9 Å². The Morgan fingerprint density at radius 1 is 1.53 bits per heavy atom. The zero-order chi connectivity index (χ0) is 12.4. The van der Waals surface area contributed by atoms with Gasteiger partial charge in [-0.3, -0.25) is 0 Å². The molecule has 0 bridgehead atoms. The molecule has 0 unspecified atom stereocenters. The number of ether oxygens (including phenoxy) is 1. The summed E-state index contributed by atoms with van der Waals surface area (Å²) in [5.41, 5.74) is 11.6. The molecule has 94 valence electrons. The number of hydrogen-bond acceptors (Lipinski definition) is 7. The minimum atomic E-state index is -0.534. The van der Waals surface area contributed by atoms with Gasteiger partial charge in [0.1, 0.15) is 0 Å². The van der Waals surface area contributed by atoms with Crippen molar-refractivity contribution in [1.82, 2.24) is 5.16 Å². The summed E-state index contributed by atoms with van der Waals surface area (Å²) in [6.07, 6.45) is 1.71. The summed E-state index contributed by atoms with van der Waals surface area (Å²) >= 11 is 0. The molecule has 0 saturated carbocycles. The highest BCUT2D eigenvalue weighted by Crippen LogP contribution is 2.27. The number of nitrogens with two attached hydrogens (primary N) is 2. The van der Waals surface area contributed by atoms with E-state index in [1.807, 2.05) is 4.90 Å². The summed E-state index contributed by atoms with van der Waals surface area (Å²) in [5.74, 6) is -0.100. The van der Waals surface area contributed by atoms with Gasteiger partial charge < -0.3 is 25.6 Å². The maximum absolute atomic E-state index is 11.6. The summed E-state index contributed by atoms with van der Waals surface area (Å²) in [6.45, 7) is 1.47. The van der Waals surface area contributed by atoms with Crippen LogP contribution in [-0.2, 0) is 4.74 Å². The van der Waals surface area contributed by atoms with E-state index < -0.39 is 5.97 Å². The van der Waals surface area contributed by atoms with Crippen molar-refractivity contribution in [2.24, 2.45) is 5.73 Å². The highest BCUT2D eigenvalue weighted by Gasteiger charge is 2.28. The summed E-state index contributed by atoms with van der Waals surface area (Å²) in [7, 11) is 1.30. The number of carbonyl (C=O) groups excluding carboxylic acids is 1. The highest BCUT2D eigenvalue weighted by atomic mass is 16.5. The normalized spacial score (nSPS) is 17.2. The first-order chi connectivity index (χ1) is 8.13. The topological polar surface area (TPSA) is 108 Å². The molecule has 2 rings (SSSR count). The molecule has 17 heavy (non-hydrogen) atoms. The van der Waals surface area contributed by atoms with Gasteiger partial charge in [0, 0.05) is 19.1 Å². The van der Waals surface area contributed by atoms with Crippen molar-refractivity contribution in [3.05, 3.63) is 5.56 Å². The molecule has 1 aliphatic heterocycles. The van der Waals surface area contributed by atoms with Crippen LogP contribution in [0, 0.1) is 0 Å². The first-order valence-electron chi connectivity index (χ1n) is 5.47. The minimum absolute atomic E-state index is 0.0123. The Kier molecular flexibility index (Phi) is 3.19. The Morgan fingerprint density at radius 2 is 2.18 bits per heavy atom. The van der Waals surface area contributed by atoms with E-state index in [9.17, 15) is 4.79 Å². The Bertz CT molecular complexity index is 410. The number of nitrogens with zero attached hydrogens (tertiary/aromatic N) is 2. The van der Waals surface area contributed by atoms with Gasteiger partial charge in [0.2, 0.25) is 5.88 Å². The van der Waals surface area contributed by atoms with Crippen LogP contribution in [0.3, 0.4) is 0 Å². The second kappa shape index (κ2) is 4.62. The molecule has 0 atom stereocenters. The second-order valence-corrected chi connectivity index (χ2v) is 4.06. The third-order valence-corrected chi connectivity index (χ3v) is 2.93. The smallest absolute Gasteiger partial charge is 0.347 e. The van der Waals surface area contributed by atoms with Crippen molar-refractivity contribution in [2.75, 3.05) is 30.8 Å². The standard InChI is InChI=1S/C10H16N4O3/c1-16-10(15)7-8(12)17-13-9(7)14-4-2-6(11)3-5-14/h6H,2-5,11-12H2,1H3. The number of hydrogen-bond donors (Lipinski definition) is 2. The molecule has 1 saturated heterocycles. The Labute approximate surface area is 98.7 Å². The fraction of sp³-hybridized carbons (Fsp3) is 0.600. The zero-order valence-electron chi connectivity index (χ0n) is 9.68. The van der Waals surface area contributed by atoms with Crippen molar-refractivity contribution >= 4 is 17.7 Å². The number of anilines is 2. The van der Waals surface area contributed by atoms with Crippen molar-refractivity contribution in [2.45, 2.75) is 18.9 Å². The number of nitrogen functional groups attached to an aromatic ring is 1. The van der Waals surface area contributed by atoms with Gasteiger partial charge in [0.15, 0.2) is 11.4 Å². The third kappa shape index (κ3) is 2.19. The molecule has 0 aliphatic carbocycles. The van der Waals surface area contributed by atoms with Crippen molar-refractivity contribution in [3.63, 3.8) is 0 Å². The lowest BCUT2D eigenvalue weighted by atomic mass is 10.1. The quantitative estimate of drug-likeness (QED) is 0.699. The second-order valence-electron chi connectivity index (χ2n) is 4.06. The Hall–Kier alpha value is -1.76. The van der Waals surface area contributed by atoms with Crippen LogP contribution in [0.15, 0.2) is 4.52 Å². The molecule has 1 aromatic heterocycles. The van der Waals surface area contributed by atoms with Crippen LogP contribution >= 0.6 is 0 Å². The van der Waals surface area contributed by atoms with Gasteiger partial charge in [0.05, 0.1) is 7.11 Å². The molecule has 4 N–H and O–H groups in total. The van der Waals surface area contributed by atoms with Crippen LogP contribution in [0.1, 0.15) is 23.2 Å². The molecule has 2 heterocycles. The van der Waals surface area contributed by atoms with Crippen molar-refractivity contribution in [3.8, 4) is 0 Å². The molecule has 7 nitrogen and oxygen atoms in total. The predicted molar refractivity (Wildman–Crippen MR) is 61.7 cm³/mol. The minimum Gasteiger partial charge on any atom is -0.465 e. The van der Waals surface area contributed by atoms with Gasteiger partial charge in [-0.2, -0.15) is 0 Å². The molecular formula is C10H16N4O3. The van der Waals surface area contributed by atoms with Crippen LogP contribution < -0.4 is 16.4 Å². The molecule has 1 aromatic rings. The molecule has 0 spiro atoms. The summed E-state index contributed by atoms with van der Waals surface area (Å²) < 4.78 is 9.51. The monoisotopic (exact) mass is 240 g/mol. The Morgan fingerprint density at radius 3 is 2.76 bits per heavy atom. The van der Waals surface area contributed by atoms with Crippen molar-refractivity contribution < 1.29 is 14.1 Å². The van der Waals surface area contributed by atoms with Gasteiger partial charge in [0.25, 0.3) is 0 Å². The van der Waals surface area contributed by atoms with Gasteiger partial charge >= 0.3 is 5.97 Å². The van der Waals surface area contributed by atoms with Gasteiger partial charge in [-0.15, -0.1) is 0 Å². The number of aromatic nitrogens is 1. The molecule has 1 fully saturated rings. The van der Waals surface area contributed by atoms with Crippen molar-refractivity contribution in [1.29, 1.82) is 0 Å². The van der Waals surface area contributed by atoms with E-state index in [1.54, 1.807) is 0 Å². The lowest BCUT2D eigenvalue weighted by molar-refractivity contribution is 0.0602. The van der Waals surface area contributed by atoms with Crippen LogP contribution in [0.4, 0.5) is 11.7 Å². The van der Waals surface area contributed by atoms with Crippen LogP contribution in [0.5, 0.6) is 0 Å². The van der Waals surface area contributed by atoms with E-state index in [0.29, 0.717) is 5.82 Å². The number of carbonyl (C=O) groups is 1. The molecule has 0 amide bonds. The fourth-order valence-electron chi connectivity index (χ4n) is 1.91. The summed E-state index contributed by atoms with van der Waals surface area (Å²) in [5, 5.41) is 3.82. The first-order valence-corrected chi connectivity index (χ1v) is 5.47. The van der Waals surface area contributed by atoms with Gasteiger partial charge in [-0.05, 0) is 12.8 Å². The van der Waals surface area contributed by atoms with E-state index in [1.165, 1.54) is 7.11 Å². The van der Waals surface area contributed by atoms with Gasteiger partial charge in [-0.25, -0.2) is 4.79 Å². The van der Waals surface area contributed by atoms with Crippen LogP contribution in [-0.4, -0.2) is 37.4 Å². The summed E-state index contributed by atoms with van der Waals surface area (Å²) in [6, 6.07) is 0.206. The number of methoxy groups -OCH3 is 1. The molecule has 7 heteroatoms. The average molecular weight is 240 g/mol. The van der Waals surface area contributed by atoms with Crippen LogP contribution in [0.25, 0.3) is 0 Å². The maximum atomic E-state index is 11.6. The fourth-order valence-corrected chi connectivity index (χ4v) is 1.91. The van der Waals surface area contributed by atoms with E-state index >= 15 is 0 Å². The third-order valence-electron chi connectivity index (χ3n) is 2.93. The average Bonchev–Trinajstić information content (AvgIpc) is 2.71. The lowest BCUT2D eigenvalue weighted by Crippen LogP contribution is -2.40. The number of rotatable bonds is 2.